The van der Waals surface area contributed by atoms with Crippen LogP contribution < -0.4 is 4.74 Å². The zero-order valence-electron chi connectivity index (χ0n) is 8.12. The summed E-state index contributed by atoms with van der Waals surface area (Å²) < 4.78 is 10.2. The van der Waals surface area contributed by atoms with E-state index in [1.165, 1.54) is 5.56 Å². The first kappa shape index (κ1) is 10.1. The first-order chi connectivity index (χ1) is 6.36. The van der Waals surface area contributed by atoms with E-state index in [9.17, 15) is 0 Å². The number of hydrogen-bond donors (Lipinski definition) is 0. The molecule has 0 saturated heterocycles. The Bertz CT molecular complexity index is 228. The van der Waals surface area contributed by atoms with Gasteiger partial charge in [-0.25, -0.2) is 0 Å². The van der Waals surface area contributed by atoms with Crippen molar-refractivity contribution in [3.8, 4) is 5.75 Å². The lowest BCUT2D eigenvalue weighted by Crippen LogP contribution is -1.92. The van der Waals surface area contributed by atoms with Gasteiger partial charge in [0.2, 0.25) is 0 Å². The Hall–Kier alpha value is -1.02. The van der Waals surface area contributed by atoms with Gasteiger partial charge in [0.1, 0.15) is 5.75 Å². The van der Waals surface area contributed by atoms with Crippen molar-refractivity contribution >= 4 is 0 Å². The number of benzene rings is 1. The smallest absolute Gasteiger partial charge is 0.119 e. The van der Waals surface area contributed by atoms with Gasteiger partial charge in [-0.15, -0.1) is 0 Å². The molecule has 0 spiro atoms. The molecule has 0 amide bonds. The van der Waals surface area contributed by atoms with Crippen LogP contribution in [0, 0.1) is 6.61 Å². The molecule has 0 heterocycles. The molecule has 0 aliphatic carbocycles. The van der Waals surface area contributed by atoms with E-state index < -0.39 is 0 Å². The van der Waals surface area contributed by atoms with E-state index in [0.29, 0.717) is 6.61 Å². The molecule has 0 aliphatic heterocycles. The van der Waals surface area contributed by atoms with Crippen molar-refractivity contribution in [1.29, 1.82) is 0 Å². The number of methoxy groups -OCH3 is 1. The zero-order chi connectivity index (χ0) is 9.52. The maximum Gasteiger partial charge on any atom is 0.119 e. The van der Waals surface area contributed by atoms with Crippen LogP contribution in [0.3, 0.4) is 0 Å². The van der Waals surface area contributed by atoms with Gasteiger partial charge in [0.05, 0.1) is 13.2 Å². The fourth-order valence-corrected chi connectivity index (χ4v) is 1.07. The molecule has 0 saturated carbocycles. The van der Waals surface area contributed by atoms with Crippen LogP contribution >= 0.6 is 0 Å². The van der Waals surface area contributed by atoms with Crippen LogP contribution in [0.1, 0.15) is 12.5 Å². The Morgan fingerprint density at radius 2 is 1.92 bits per heavy atom. The third-order valence-electron chi connectivity index (χ3n) is 1.72. The van der Waals surface area contributed by atoms with Gasteiger partial charge >= 0.3 is 0 Å². The lowest BCUT2D eigenvalue weighted by Gasteiger charge is -2.03. The molecule has 0 unspecified atom stereocenters. The third kappa shape index (κ3) is 3.47. The van der Waals surface area contributed by atoms with Crippen molar-refractivity contribution in [3.05, 3.63) is 36.4 Å². The highest BCUT2D eigenvalue weighted by Gasteiger charge is 1.94. The van der Waals surface area contributed by atoms with Gasteiger partial charge in [0.15, 0.2) is 0 Å². The molecular weight excluding hydrogens is 164 g/mol. The number of ether oxygens (including phenoxy) is 2. The Morgan fingerprint density at radius 3 is 2.46 bits per heavy atom. The molecule has 0 N–H and O–H groups in total. The Labute approximate surface area is 79.5 Å². The largest absolute Gasteiger partial charge is 0.494 e. The molecule has 1 radical (unpaired) electrons. The molecule has 2 nitrogen and oxygen atoms in total. The fraction of sp³-hybridized carbons (Fsp3) is 0.364. The summed E-state index contributed by atoms with van der Waals surface area (Å²) in [6, 6.07) is 8.03. The SMILES string of the molecule is CCOc1ccc(C[CH]OC)cc1. The summed E-state index contributed by atoms with van der Waals surface area (Å²) >= 11 is 0. The van der Waals surface area contributed by atoms with E-state index in [-0.39, 0.29) is 0 Å². The van der Waals surface area contributed by atoms with Gasteiger partial charge in [-0.1, -0.05) is 12.1 Å². The van der Waals surface area contributed by atoms with E-state index in [0.717, 1.165) is 12.2 Å². The molecule has 13 heavy (non-hydrogen) atoms. The van der Waals surface area contributed by atoms with Crippen LogP contribution in [-0.4, -0.2) is 13.7 Å². The summed E-state index contributed by atoms with van der Waals surface area (Å²) in [5, 5.41) is 0. The van der Waals surface area contributed by atoms with E-state index in [1.54, 1.807) is 13.7 Å². The van der Waals surface area contributed by atoms with Crippen LogP contribution in [-0.2, 0) is 11.2 Å². The van der Waals surface area contributed by atoms with Crippen molar-refractivity contribution in [2.75, 3.05) is 13.7 Å². The van der Waals surface area contributed by atoms with Crippen LogP contribution in [0.25, 0.3) is 0 Å². The van der Waals surface area contributed by atoms with Crippen molar-refractivity contribution in [3.63, 3.8) is 0 Å². The van der Waals surface area contributed by atoms with Crippen LogP contribution in [0.4, 0.5) is 0 Å². The monoisotopic (exact) mass is 179 g/mol. The van der Waals surface area contributed by atoms with Gasteiger partial charge < -0.3 is 9.47 Å². The maximum atomic E-state index is 5.32. The van der Waals surface area contributed by atoms with Crippen molar-refractivity contribution < 1.29 is 9.47 Å². The van der Waals surface area contributed by atoms with Crippen molar-refractivity contribution in [1.82, 2.24) is 0 Å². The molecule has 0 aliphatic rings. The maximum absolute atomic E-state index is 5.32. The van der Waals surface area contributed by atoms with Gasteiger partial charge in [-0.05, 0) is 24.6 Å². The topological polar surface area (TPSA) is 18.5 Å². The van der Waals surface area contributed by atoms with Crippen molar-refractivity contribution in [2.45, 2.75) is 13.3 Å². The minimum absolute atomic E-state index is 0.712. The molecule has 0 bridgehead atoms. The summed E-state index contributed by atoms with van der Waals surface area (Å²) in [6.45, 7) is 4.46. The van der Waals surface area contributed by atoms with Crippen LogP contribution in [0.15, 0.2) is 24.3 Å². The molecule has 1 rings (SSSR count). The predicted molar refractivity (Wildman–Crippen MR) is 52.6 cm³/mol. The second-order valence-electron chi connectivity index (χ2n) is 2.68. The highest BCUT2D eigenvalue weighted by atomic mass is 16.5. The fourth-order valence-electron chi connectivity index (χ4n) is 1.07. The molecule has 1 aromatic carbocycles. The quantitative estimate of drug-likeness (QED) is 0.691. The van der Waals surface area contributed by atoms with Gasteiger partial charge in [0, 0.05) is 13.5 Å². The van der Waals surface area contributed by atoms with Gasteiger partial charge in [0.25, 0.3) is 0 Å². The first-order valence-corrected chi connectivity index (χ1v) is 4.43. The molecule has 1 aromatic rings. The van der Waals surface area contributed by atoms with Gasteiger partial charge in [-0.3, -0.25) is 0 Å². The summed E-state index contributed by atoms with van der Waals surface area (Å²) in [5.74, 6) is 0.920. The van der Waals surface area contributed by atoms with Crippen LogP contribution in [0.2, 0.25) is 0 Å². The average Bonchev–Trinajstić information content (AvgIpc) is 2.17. The third-order valence-corrected chi connectivity index (χ3v) is 1.72. The minimum atomic E-state index is 0.712. The van der Waals surface area contributed by atoms with Crippen LogP contribution in [0.5, 0.6) is 5.75 Å². The van der Waals surface area contributed by atoms with Crippen molar-refractivity contribution in [2.24, 2.45) is 0 Å². The molecule has 71 valence electrons. The second-order valence-corrected chi connectivity index (χ2v) is 2.68. The molecule has 0 atom stereocenters. The number of rotatable bonds is 5. The molecule has 2 heteroatoms. The highest BCUT2D eigenvalue weighted by Crippen LogP contribution is 2.12. The Balaban J connectivity index is 2.48. The summed E-state index contributed by atoms with van der Waals surface area (Å²) in [7, 11) is 1.66. The lowest BCUT2D eigenvalue weighted by molar-refractivity contribution is 0.271. The first-order valence-electron chi connectivity index (χ1n) is 4.43. The summed E-state index contributed by atoms with van der Waals surface area (Å²) in [5.41, 5.74) is 1.23. The summed E-state index contributed by atoms with van der Waals surface area (Å²) in [6.07, 6.45) is 0.836. The van der Waals surface area contributed by atoms with Gasteiger partial charge in [-0.2, -0.15) is 0 Å². The zero-order valence-corrected chi connectivity index (χ0v) is 8.12. The standard InChI is InChI=1S/C11H15O2/c1-3-13-11-6-4-10(5-7-11)8-9-12-2/h4-7,9H,3,8H2,1-2H3. The Kier molecular flexibility index (Phi) is 4.33. The summed E-state index contributed by atoms with van der Waals surface area (Å²) in [4.78, 5) is 0. The van der Waals surface area contributed by atoms with E-state index >= 15 is 0 Å². The predicted octanol–water partition coefficient (Wildman–Crippen LogP) is 2.44. The van der Waals surface area contributed by atoms with E-state index in [1.807, 2.05) is 31.2 Å². The molecule has 0 fully saturated rings. The molecular formula is C11H15O2. The van der Waals surface area contributed by atoms with E-state index in [2.05, 4.69) is 0 Å². The molecule has 0 aromatic heterocycles. The normalized spacial score (nSPS) is 10.0. The minimum Gasteiger partial charge on any atom is -0.494 e. The Morgan fingerprint density at radius 1 is 1.23 bits per heavy atom. The lowest BCUT2D eigenvalue weighted by atomic mass is 10.1. The second kappa shape index (κ2) is 5.60. The highest BCUT2D eigenvalue weighted by molar-refractivity contribution is 5.27. The van der Waals surface area contributed by atoms with E-state index in [4.69, 9.17) is 9.47 Å². The number of hydrogen-bond acceptors (Lipinski definition) is 2. The average molecular weight is 179 g/mol.